The highest BCUT2D eigenvalue weighted by atomic mass is 14.2. The molecule has 0 saturated carbocycles. The number of benzene rings is 2. The molecule has 0 aromatic heterocycles. The van der Waals surface area contributed by atoms with Crippen LogP contribution in [0.4, 0.5) is 0 Å². The summed E-state index contributed by atoms with van der Waals surface area (Å²) in [5.74, 6) is 0.757. The molecule has 0 heteroatoms. The van der Waals surface area contributed by atoms with Crippen LogP contribution in [-0.2, 0) is 0 Å². The van der Waals surface area contributed by atoms with Crippen molar-refractivity contribution in [3.63, 3.8) is 0 Å². The smallest absolute Gasteiger partial charge is 0.00476 e. The second-order valence-corrected chi connectivity index (χ2v) is 7.62. The van der Waals surface area contributed by atoms with Crippen molar-refractivity contribution in [1.82, 2.24) is 0 Å². The Bertz CT molecular complexity index is 892. The maximum atomic E-state index is 4.02. The summed E-state index contributed by atoms with van der Waals surface area (Å²) in [6.45, 7) is 12.5. The molecule has 154 valence electrons. The van der Waals surface area contributed by atoms with E-state index in [9.17, 15) is 0 Å². The summed E-state index contributed by atoms with van der Waals surface area (Å²) in [4.78, 5) is 0. The van der Waals surface area contributed by atoms with Crippen molar-refractivity contribution in [3.8, 4) is 0 Å². The summed E-state index contributed by atoms with van der Waals surface area (Å²) in [5.41, 5.74) is 5.19. The van der Waals surface area contributed by atoms with E-state index < -0.39 is 0 Å². The molecule has 0 aliphatic heterocycles. The highest BCUT2D eigenvalue weighted by molar-refractivity contribution is 5.52. The van der Waals surface area contributed by atoms with Gasteiger partial charge in [-0.15, -0.1) is 13.2 Å². The third-order valence-corrected chi connectivity index (χ3v) is 5.27. The van der Waals surface area contributed by atoms with Gasteiger partial charge in [-0.25, -0.2) is 0 Å². The minimum Gasteiger partial charge on any atom is -0.103 e. The van der Waals surface area contributed by atoms with Crippen molar-refractivity contribution in [2.75, 3.05) is 0 Å². The van der Waals surface area contributed by atoms with Crippen molar-refractivity contribution in [2.24, 2.45) is 11.8 Å². The molecule has 2 aromatic rings. The van der Waals surface area contributed by atoms with Crippen molar-refractivity contribution < 1.29 is 0 Å². The van der Waals surface area contributed by atoms with Gasteiger partial charge < -0.3 is 0 Å². The first-order valence-electron chi connectivity index (χ1n) is 10.7. The van der Waals surface area contributed by atoms with Crippen LogP contribution in [-0.4, -0.2) is 0 Å². The molecular weight excluding hydrogens is 360 g/mol. The largest absolute Gasteiger partial charge is 0.103 e. The number of hydrogen-bond donors (Lipinski definition) is 0. The van der Waals surface area contributed by atoms with E-state index in [0.717, 1.165) is 12.8 Å². The maximum absolute atomic E-state index is 4.02. The molecule has 0 saturated heterocycles. The van der Waals surface area contributed by atoms with Gasteiger partial charge in [0, 0.05) is 5.92 Å². The molecule has 0 aliphatic rings. The molecule has 30 heavy (non-hydrogen) atoms. The zero-order chi connectivity index (χ0) is 21.6. The summed E-state index contributed by atoms with van der Waals surface area (Å²) >= 11 is 0. The zero-order valence-electron chi connectivity index (χ0n) is 18.4. The van der Waals surface area contributed by atoms with Crippen LogP contribution in [0.25, 0.3) is 12.2 Å². The van der Waals surface area contributed by atoms with Crippen LogP contribution in [0.15, 0.2) is 121 Å². The molecule has 0 aliphatic carbocycles. The summed E-state index contributed by atoms with van der Waals surface area (Å²) in [7, 11) is 0. The van der Waals surface area contributed by atoms with Gasteiger partial charge in [0.2, 0.25) is 0 Å². The van der Waals surface area contributed by atoms with E-state index in [1.165, 1.54) is 22.3 Å². The van der Waals surface area contributed by atoms with E-state index in [1.54, 1.807) is 0 Å². The van der Waals surface area contributed by atoms with Crippen molar-refractivity contribution in [3.05, 3.63) is 133 Å². The van der Waals surface area contributed by atoms with Gasteiger partial charge in [0.05, 0.1) is 0 Å². The van der Waals surface area contributed by atoms with Crippen LogP contribution in [0.2, 0.25) is 0 Å². The van der Waals surface area contributed by atoms with E-state index in [2.05, 4.69) is 112 Å². The molecule has 2 aromatic carbocycles. The van der Waals surface area contributed by atoms with Gasteiger partial charge in [-0.1, -0.05) is 127 Å². The van der Waals surface area contributed by atoms with Crippen LogP contribution in [0.3, 0.4) is 0 Å². The second kappa shape index (κ2) is 13.2. The van der Waals surface area contributed by atoms with Crippen molar-refractivity contribution in [2.45, 2.75) is 26.7 Å². The standard InChI is InChI=1S/C30H34/c1-5-15-25(3)30(24-14-23-28-20-11-8-12-21-28)29(16-6-2)26(4)17-13-22-27-18-9-7-10-19-27/h5-14,17-25,29H,1-2,15-16H2,3-4H3/b22-13+,23-14+,26-17+,30-24-. The van der Waals surface area contributed by atoms with E-state index in [4.69, 9.17) is 0 Å². The lowest BCUT2D eigenvalue weighted by molar-refractivity contribution is 0.579. The predicted octanol–water partition coefficient (Wildman–Crippen LogP) is 8.69. The van der Waals surface area contributed by atoms with Crippen LogP contribution in [0.5, 0.6) is 0 Å². The molecule has 0 spiro atoms. The van der Waals surface area contributed by atoms with Gasteiger partial charge in [-0.2, -0.15) is 0 Å². The topological polar surface area (TPSA) is 0 Å². The van der Waals surface area contributed by atoms with Gasteiger partial charge in [0.15, 0.2) is 0 Å². The van der Waals surface area contributed by atoms with E-state index in [-0.39, 0.29) is 0 Å². The Labute approximate surface area is 183 Å². The van der Waals surface area contributed by atoms with Crippen LogP contribution in [0, 0.1) is 11.8 Å². The first kappa shape index (κ1) is 23.2. The van der Waals surface area contributed by atoms with E-state index in [1.807, 2.05) is 24.3 Å². The van der Waals surface area contributed by atoms with Gasteiger partial charge in [-0.05, 0) is 36.8 Å². The van der Waals surface area contributed by atoms with Crippen molar-refractivity contribution in [1.29, 1.82) is 0 Å². The molecule has 0 fully saturated rings. The zero-order valence-corrected chi connectivity index (χ0v) is 18.4. The third kappa shape index (κ3) is 7.72. The summed E-state index contributed by atoms with van der Waals surface area (Å²) in [5, 5.41) is 0. The molecule has 0 nitrogen and oxygen atoms in total. The van der Waals surface area contributed by atoms with Gasteiger partial charge in [0.1, 0.15) is 0 Å². The fourth-order valence-electron chi connectivity index (χ4n) is 3.59. The third-order valence-electron chi connectivity index (χ3n) is 5.27. The molecule has 0 amide bonds. The quantitative estimate of drug-likeness (QED) is 0.264. The average Bonchev–Trinajstić information content (AvgIpc) is 2.77. The monoisotopic (exact) mass is 394 g/mol. The maximum Gasteiger partial charge on any atom is 0.00476 e. The molecule has 0 radical (unpaired) electrons. The predicted molar refractivity (Wildman–Crippen MR) is 135 cm³/mol. The molecule has 2 rings (SSSR count). The Hall–Kier alpha value is -3.12. The lowest BCUT2D eigenvalue weighted by Gasteiger charge is -2.25. The van der Waals surface area contributed by atoms with Crippen molar-refractivity contribution >= 4 is 12.2 Å². The normalized spacial score (nSPS) is 14.7. The number of hydrogen-bond acceptors (Lipinski definition) is 0. The fraction of sp³-hybridized carbons (Fsp3) is 0.200. The Morgan fingerprint density at radius 1 is 0.767 bits per heavy atom. The Morgan fingerprint density at radius 3 is 1.77 bits per heavy atom. The average molecular weight is 395 g/mol. The molecule has 2 atom stereocenters. The summed E-state index contributed by atoms with van der Waals surface area (Å²) in [6, 6.07) is 20.8. The number of rotatable bonds is 11. The molecular formula is C30H34. The Morgan fingerprint density at radius 2 is 1.27 bits per heavy atom. The highest BCUT2D eigenvalue weighted by Gasteiger charge is 2.19. The van der Waals surface area contributed by atoms with Crippen LogP contribution < -0.4 is 0 Å². The second-order valence-electron chi connectivity index (χ2n) is 7.62. The lowest BCUT2D eigenvalue weighted by atomic mass is 9.80. The SMILES string of the molecule is C=CCC(C)/C(=C/C=C/c1ccccc1)C(CC=C)/C(C)=C/C=C/c1ccccc1. The molecule has 0 N–H and O–H groups in total. The van der Waals surface area contributed by atoms with Gasteiger partial charge in [0.25, 0.3) is 0 Å². The highest BCUT2D eigenvalue weighted by Crippen LogP contribution is 2.32. The number of allylic oxidation sites excluding steroid dienone is 8. The van der Waals surface area contributed by atoms with Gasteiger partial charge >= 0.3 is 0 Å². The molecule has 0 bridgehead atoms. The molecule has 2 unspecified atom stereocenters. The summed E-state index contributed by atoms with van der Waals surface area (Å²) < 4.78 is 0. The van der Waals surface area contributed by atoms with Gasteiger partial charge in [-0.3, -0.25) is 0 Å². The van der Waals surface area contributed by atoms with Crippen LogP contribution >= 0.6 is 0 Å². The minimum atomic E-state index is 0.332. The van der Waals surface area contributed by atoms with E-state index >= 15 is 0 Å². The molecule has 0 heterocycles. The fourth-order valence-corrected chi connectivity index (χ4v) is 3.59. The van der Waals surface area contributed by atoms with E-state index in [0.29, 0.717) is 11.8 Å². The van der Waals surface area contributed by atoms with Crippen LogP contribution in [0.1, 0.15) is 37.8 Å². The Balaban J connectivity index is 2.29. The lowest BCUT2D eigenvalue weighted by Crippen LogP contribution is -2.12. The first-order chi connectivity index (χ1) is 14.7. The summed E-state index contributed by atoms with van der Waals surface area (Å²) in [6.07, 6.45) is 19.1. The Kier molecular flexibility index (Phi) is 10.2. The first-order valence-corrected chi connectivity index (χ1v) is 10.7. The minimum absolute atomic E-state index is 0.332.